The summed E-state index contributed by atoms with van der Waals surface area (Å²) in [6, 6.07) is 7.13. The monoisotopic (exact) mass is 368 g/mol. The Kier molecular flexibility index (Phi) is 5.69. The van der Waals surface area contributed by atoms with Crippen molar-refractivity contribution in [2.24, 2.45) is 13.0 Å². The van der Waals surface area contributed by atoms with Gasteiger partial charge < -0.3 is 10.6 Å². The van der Waals surface area contributed by atoms with Gasteiger partial charge in [-0.05, 0) is 18.6 Å². The van der Waals surface area contributed by atoms with E-state index in [0.717, 1.165) is 4.68 Å². The SMILES string of the molecule is CCC(C)C(=O)Nc1ccccc1NC(=O)c1cc(C(F)(F)F)nn1C. The number of halogens is 3. The molecule has 140 valence electrons. The Morgan fingerprint density at radius 3 is 2.27 bits per heavy atom. The molecule has 2 rings (SSSR count). The molecule has 0 saturated carbocycles. The van der Waals surface area contributed by atoms with Crippen molar-refractivity contribution in [1.82, 2.24) is 9.78 Å². The maximum Gasteiger partial charge on any atom is 0.435 e. The van der Waals surface area contributed by atoms with Crippen LogP contribution in [0.3, 0.4) is 0 Å². The Hall–Kier alpha value is -2.84. The van der Waals surface area contributed by atoms with Gasteiger partial charge in [-0.3, -0.25) is 14.3 Å². The molecule has 9 heteroatoms. The van der Waals surface area contributed by atoms with Gasteiger partial charge in [-0.15, -0.1) is 0 Å². The van der Waals surface area contributed by atoms with Crippen molar-refractivity contribution in [3.05, 3.63) is 41.7 Å². The summed E-state index contributed by atoms with van der Waals surface area (Å²) in [7, 11) is 1.25. The van der Waals surface area contributed by atoms with Gasteiger partial charge in [0.1, 0.15) is 5.69 Å². The molecule has 0 fully saturated rings. The lowest BCUT2D eigenvalue weighted by atomic mass is 10.1. The van der Waals surface area contributed by atoms with Crippen molar-refractivity contribution in [1.29, 1.82) is 0 Å². The lowest BCUT2D eigenvalue weighted by molar-refractivity contribution is -0.141. The van der Waals surface area contributed by atoms with E-state index >= 15 is 0 Å². The molecular formula is C17H19F3N4O2. The van der Waals surface area contributed by atoms with Gasteiger partial charge >= 0.3 is 6.18 Å². The lowest BCUT2D eigenvalue weighted by Gasteiger charge is -2.14. The van der Waals surface area contributed by atoms with Crippen LogP contribution in [0.4, 0.5) is 24.5 Å². The molecule has 0 bridgehead atoms. The molecule has 6 nitrogen and oxygen atoms in total. The molecular weight excluding hydrogens is 349 g/mol. The summed E-state index contributed by atoms with van der Waals surface area (Å²) in [5.74, 6) is -1.19. The largest absolute Gasteiger partial charge is 0.435 e. The van der Waals surface area contributed by atoms with E-state index in [1.165, 1.54) is 7.05 Å². The fraction of sp³-hybridized carbons (Fsp3) is 0.353. The molecule has 1 unspecified atom stereocenters. The Bertz CT molecular complexity index is 815. The number of benzene rings is 1. The highest BCUT2D eigenvalue weighted by Crippen LogP contribution is 2.29. The molecule has 1 atom stereocenters. The van der Waals surface area contributed by atoms with Gasteiger partial charge in [-0.25, -0.2) is 0 Å². The summed E-state index contributed by atoms with van der Waals surface area (Å²) in [5.41, 5.74) is -0.753. The zero-order valence-electron chi connectivity index (χ0n) is 14.5. The molecule has 0 spiro atoms. The van der Waals surface area contributed by atoms with Gasteiger partial charge in [0.25, 0.3) is 5.91 Å². The number of anilines is 2. The minimum absolute atomic E-state index is 0.214. The highest BCUT2D eigenvalue weighted by molar-refractivity contribution is 6.06. The van der Waals surface area contributed by atoms with E-state index in [4.69, 9.17) is 0 Å². The predicted octanol–water partition coefficient (Wildman–Crippen LogP) is 3.68. The van der Waals surface area contributed by atoms with Crippen molar-refractivity contribution in [2.75, 3.05) is 10.6 Å². The minimum Gasteiger partial charge on any atom is -0.324 e. The van der Waals surface area contributed by atoms with Crippen molar-refractivity contribution < 1.29 is 22.8 Å². The fourth-order valence-corrected chi connectivity index (χ4v) is 2.15. The topological polar surface area (TPSA) is 76.0 Å². The number of carbonyl (C=O) groups is 2. The highest BCUT2D eigenvalue weighted by atomic mass is 19.4. The summed E-state index contributed by atoms with van der Waals surface area (Å²) in [6.45, 7) is 3.64. The van der Waals surface area contributed by atoms with E-state index in [1.54, 1.807) is 31.2 Å². The van der Waals surface area contributed by atoms with Crippen LogP contribution in [0.1, 0.15) is 36.5 Å². The molecule has 1 heterocycles. The van der Waals surface area contributed by atoms with Gasteiger partial charge in [0.05, 0.1) is 11.4 Å². The number of aryl methyl sites for hydroxylation is 1. The average molecular weight is 368 g/mol. The second-order valence-corrected chi connectivity index (χ2v) is 5.83. The van der Waals surface area contributed by atoms with Crippen LogP contribution in [-0.2, 0) is 18.0 Å². The number of rotatable bonds is 5. The zero-order chi connectivity index (χ0) is 19.5. The van der Waals surface area contributed by atoms with Crippen LogP contribution in [0.25, 0.3) is 0 Å². The molecule has 0 aliphatic carbocycles. The third-order valence-electron chi connectivity index (χ3n) is 3.90. The molecule has 1 aromatic heterocycles. The number of amides is 2. The van der Waals surface area contributed by atoms with Crippen LogP contribution in [0.15, 0.2) is 30.3 Å². The Morgan fingerprint density at radius 2 is 1.77 bits per heavy atom. The lowest BCUT2D eigenvalue weighted by Crippen LogP contribution is -2.22. The number of para-hydroxylation sites is 2. The summed E-state index contributed by atoms with van der Waals surface area (Å²) in [5, 5.41) is 8.53. The van der Waals surface area contributed by atoms with Crippen LogP contribution in [0.5, 0.6) is 0 Å². The average Bonchev–Trinajstić information content (AvgIpc) is 2.98. The minimum atomic E-state index is -4.64. The van der Waals surface area contributed by atoms with E-state index in [9.17, 15) is 22.8 Å². The van der Waals surface area contributed by atoms with E-state index < -0.39 is 17.8 Å². The van der Waals surface area contributed by atoms with Crippen molar-refractivity contribution in [3.8, 4) is 0 Å². The number of carbonyl (C=O) groups excluding carboxylic acids is 2. The van der Waals surface area contributed by atoms with Gasteiger partial charge in [0.2, 0.25) is 5.91 Å². The second-order valence-electron chi connectivity index (χ2n) is 5.83. The van der Waals surface area contributed by atoms with Gasteiger partial charge in [-0.2, -0.15) is 18.3 Å². The number of hydrogen-bond acceptors (Lipinski definition) is 3. The van der Waals surface area contributed by atoms with Crippen LogP contribution >= 0.6 is 0 Å². The first-order valence-electron chi connectivity index (χ1n) is 7.96. The summed E-state index contributed by atoms with van der Waals surface area (Å²) < 4.78 is 39.1. The quantitative estimate of drug-likeness (QED) is 0.845. The van der Waals surface area contributed by atoms with E-state index in [-0.39, 0.29) is 23.2 Å². The first-order valence-corrected chi connectivity index (χ1v) is 7.96. The van der Waals surface area contributed by atoms with Crippen LogP contribution in [0, 0.1) is 5.92 Å². The standard InChI is InChI=1S/C17H19F3N4O2/c1-4-10(2)15(25)21-11-7-5-6-8-12(11)22-16(26)13-9-14(17(18,19)20)23-24(13)3/h5-10H,4H2,1-3H3,(H,21,25)(H,22,26). The third kappa shape index (κ3) is 4.41. The van der Waals surface area contributed by atoms with Crippen molar-refractivity contribution >= 4 is 23.2 Å². The summed E-state index contributed by atoms with van der Waals surface area (Å²) in [4.78, 5) is 24.4. The molecule has 0 aliphatic heterocycles. The number of hydrogen-bond donors (Lipinski definition) is 2. The molecule has 2 N–H and O–H groups in total. The third-order valence-corrected chi connectivity index (χ3v) is 3.90. The maximum atomic E-state index is 12.7. The molecule has 2 aromatic rings. The van der Waals surface area contributed by atoms with Crippen molar-refractivity contribution in [2.45, 2.75) is 26.4 Å². The number of nitrogens with one attached hydrogen (secondary N) is 2. The smallest absolute Gasteiger partial charge is 0.324 e. The maximum absolute atomic E-state index is 12.7. The fourth-order valence-electron chi connectivity index (χ4n) is 2.15. The Balaban J connectivity index is 2.23. The highest BCUT2D eigenvalue weighted by Gasteiger charge is 2.35. The molecule has 0 radical (unpaired) electrons. The van der Waals surface area contributed by atoms with Crippen LogP contribution < -0.4 is 10.6 Å². The number of alkyl halides is 3. The van der Waals surface area contributed by atoms with E-state index in [0.29, 0.717) is 18.2 Å². The van der Waals surface area contributed by atoms with E-state index in [2.05, 4.69) is 15.7 Å². The Morgan fingerprint density at radius 1 is 1.19 bits per heavy atom. The molecule has 2 amide bonds. The predicted molar refractivity (Wildman–Crippen MR) is 90.7 cm³/mol. The van der Waals surface area contributed by atoms with Gasteiger partial charge in [0.15, 0.2) is 5.69 Å². The molecule has 1 aromatic carbocycles. The van der Waals surface area contributed by atoms with Crippen LogP contribution in [0.2, 0.25) is 0 Å². The number of aromatic nitrogens is 2. The molecule has 0 aliphatic rings. The number of nitrogens with zero attached hydrogens (tertiary/aromatic N) is 2. The Labute approximate surface area is 148 Å². The van der Waals surface area contributed by atoms with Crippen molar-refractivity contribution in [3.63, 3.8) is 0 Å². The summed E-state index contributed by atoms with van der Waals surface area (Å²) >= 11 is 0. The molecule has 26 heavy (non-hydrogen) atoms. The summed E-state index contributed by atoms with van der Waals surface area (Å²) in [6.07, 6.45) is -3.99. The molecule has 0 saturated heterocycles. The normalized spacial score (nSPS) is 12.5. The zero-order valence-corrected chi connectivity index (χ0v) is 14.5. The van der Waals surface area contributed by atoms with Gasteiger partial charge in [0, 0.05) is 19.0 Å². The second kappa shape index (κ2) is 7.59. The van der Waals surface area contributed by atoms with Crippen LogP contribution in [-0.4, -0.2) is 21.6 Å². The first-order chi connectivity index (χ1) is 12.1. The van der Waals surface area contributed by atoms with Gasteiger partial charge in [-0.1, -0.05) is 26.0 Å². The van der Waals surface area contributed by atoms with E-state index in [1.807, 2.05) is 6.92 Å². The first kappa shape index (κ1) is 19.5.